The Bertz CT molecular complexity index is 243. The third-order valence-electron chi connectivity index (χ3n) is 3.12. The molecule has 0 aromatic heterocycles. The fraction of sp³-hybridized carbons (Fsp3) is 0.909. The molecule has 94 valence electrons. The van der Waals surface area contributed by atoms with Crippen LogP contribution in [0.1, 0.15) is 13.8 Å². The van der Waals surface area contributed by atoms with Gasteiger partial charge in [-0.15, -0.1) is 0 Å². The minimum Gasteiger partial charge on any atom is -0.467 e. The van der Waals surface area contributed by atoms with E-state index in [0.717, 1.165) is 0 Å². The van der Waals surface area contributed by atoms with Crippen LogP contribution in [0, 0.1) is 5.92 Å². The third kappa shape index (κ3) is 2.36. The first-order chi connectivity index (χ1) is 7.56. The zero-order valence-electron chi connectivity index (χ0n) is 10.4. The van der Waals surface area contributed by atoms with E-state index in [9.17, 15) is 4.79 Å². The predicted molar refractivity (Wildman–Crippen MR) is 57.1 cm³/mol. The predicted octanol–water partition coefficient (Wildman–Crippen LogP) is 0.613. The maximum atomic E-state index is 11.5. The maximum absolute atomic E-state index is 11.5. The molecule has 0 amide bonds. The number of rotatable bonds is 3. The molecule has 0 aromatic carbocycles. The minimum absolute atomic E-state index is 0.0985. The summed E-state index contributed by atoms with van der Waals surface area (Å²) >= 11 is 0. The lowest BCUT2D eigenvalue weighted by Gasteiger charge is -2.42. The van der Waals surface area contributed by atoms with Crippen LogP contribution >= 0.6 is 0 Å². The van der Waals surface area contributed by atoms with E-state index in [1.54, 1.807) is 14.2 Å². The van der Waals surface area contributed by atoms with Crippen molar-refractivity contribution in [1.29, 1.82) is 0 Å². The van der Waals surface area contributed by atoms with E-state index in [-0.39, 0.29) is 30.2 Å². The van der Waals surface area contributed by atoms with Crippen LogP contribution < -0.4 is 0 Å². The van der Waals surface area contributed by atoms with Gasteiger partial charge in [-0.1, -0.05) is 6.92 Å². The van der Waals surface area contributed by atoms with Crippen molar-refractivity contribution in [3.8, 4) is 0 Å². The molecular formula is C11H20O5. The summed E-state index contributed by atoms with van der Waals surface area (Å²) in [6.45, 7) is 3.76. The minimum atomic E-state index is -0.587. The summed E-state index contributed by atoms with van der Waals surface area (Å²) in [6.07, 6.45) is -1.12. The van der Waals surface area contributed by atoms with Crippen LogP contribution in [0.25, 0.3) is 0 Å². The standard InChI is InChI=1S/C11H20O5/c1-6-8(13-3)10(14-4)7(2)16-9(6)11(12)15-5/h6-10H,1-5H3. The fourth-order valence-corrected chi connectivity index (χ4v) is 2.23. The molecule has 0 bridgehead atoms. The van der Waals surface area contributed by atoms with Crippen LogP contribution in [0.2, 0.25) is 0 Å². The summed E-state index contributed by atoms with van der Waals surface area (Å²) in [4.78, 5) is 11.5. The average molecular weight is 232 g/mol. The van der Waals surface area contributed by atoms with Gasteiger partial charge in [-0.3, -0.25) is 0 Å². The Hall–Kier alpha value is -0.650. The maximum Gasteiger partial charge on any atom is 0.335 e. The topological polar surface area (TPSA) is 54.0 Å². The van der Waals surface area contributed by atoms with Crippen LogP contribution in [0.5, 0.6) is 0 Å². The number of hydrogen-bond acceptors (Lipinski definition) is 5. The lowest BCUT2D eigenvalue weighted by atomic mass is 9.88. The van der Waals surface area contributed by atoms with Crippen molar-refractivity contribution >= 4 is 5.97 Å². The molecule has 5 unspecified atom stereocenters. The van der Waals surface area contributed by atoms with Crippen LogP contribution in [-0.4, -0.2) is 51.7 Å². The highest BCUT2D eigenvalue weighted by Crippen LogP contribution is 2.29. The van der Waals surface area contributed by atoms with Gasteiger partial charge in [0.2, 0.25) is 0 Å². The van der Waals surface area contributed by atoms with Gasteiger partial charge in [-0.05, 0) is 6.92 Å². The number of methoxy groups -OCH3 is 3. The molecule has 5 heteroatoms. The van der Waals surface area contributed by atoms with E-state index in [2.05, 4.69) is 0 Å². The largest absolute Gasteiger partial charge is 0.467 e. The van der Waals surface area contributed by atoms with Crippen molar-refractivity contribution in [1.82, 2.24) is 0 Å². The van der Waals surface area contributed by atoms with E-state index in [0.29, 0.717) is 0 Å². The molecule has 1 aliphatic rings. The molecule has 0 spiro atoms. The smallest absolute Gasteiger partial charge is 0.335 e. The van der Waals surface area contributed by atoms with E-state index >= 15 is 0 Å². The summed E-state index contributed by atoms with van der Waals surface area (Å²) in [5, 5.41) is 0. The molecule has 0 saturated carbocycles. The van der Waals surface area contributed by atoms with Gasteiger partial charge >= 0.3 is 5.97 Å². The Balaban J connectivity index is 2.84. The quantitative estimate of drug-likeness (QED) is 0.667. The molecular weight excluding hydrogens is 212 g/mol. The van der Waals surface area contributed by atoms with Crippen LogP contribution in [0.3, 0.4) is 0 Å². The summed E-state index contributed by atoms with van der Waals surface area (Å²) in [7, 11) is 4.58. The molecule has 0 radical (unpaired) electrons. The second-order valence-electron chi connectivity index (χ2n) is 4.04. The Morgan fingerprint density at radius 3 is 2.06 bits per heavy atom. The zero-order valence-corrected chi connectivity index (χ0v) is 10.4. The van der Waals surface area contributed by atoms with Gasteiger partial charge in [-0.2, -0.15) is 0 Å². The fourth-order valence-electron chi connectivity index (χ4n) is 2.23. The normalized spacial score (nSPS) is 39.4. The highest BCUT2D eigenvalue weighted by molar-refractivity contribution is 5.75. The van der Waals surface area contributed by atoms with Gasteiger partial charge in [0, 0.05) is 20.1 Å². The summed E-state index contributed by atoms with van der Waals surface area (Å²) in [6, 6.07) is 0. The van der Waals surface area contributed by atoms with Crippen molar-refractivity contribution in [2.45, 2.75) is 38.3 Å². The Labute approximate surface area is 96.0 Å². The van der Waals surface area contributed by atoms with E-state index in [4.69, 9.17) is 18.9 Å². The first-order valence-corrected chi connectivity index (χ1v) is 5.35. The molecule has 1 aliphatic heterocycles. The van der Waals surface area contributed by atoms with Crippen molar-refractivity contribution in [3.05, 3.63) is 0 Å². The van der Waals surface area contributed by atoms with Gasteiger partial charge in [-0.25, -0.2) is 4.79 Å². The van der Waals surface area contributed by atoms with Crippen LogP contribution in [-0.2, 0) is 23.7 Å². The van der Waals surface area contributed by atoms with Crippen molar-refractivity contribution in [2.75, 3.05) is 21.3 Å². The monoisotopic (exact) mass is 232 g/mol. The molecule has 1 heterocycles. The second-order valence-corrected chi connectivity index (χ2v) is 4.04. The SMILES string of the molecule is COC(=O)C1OC(C)C(OC)C(OC)C1C. The van der Waals surface area contributed by atoms with Gasteiger partial charge in [0.25, 0.3) is 0 Å². The Kier molecular flexibility index (Phi) is 4.70. The Morgan fingerprint density at radius 2 is 1.62 bits per heavy atom. The highest BCUT2D eigenvalue weighted by atomic mass is 16.6. The number of ether oxygens (including phenoxy) is 4. The van der Waals surface area contributed by atoms with Gasteiger partial charge in [0.15, 0.2) is 6.10 Å². The first kappa shape index (κ1) is 13.4. The van der Waals surface area contributed by atoms with Gasteiger partial charge in [0.1, 0.15) is 6.10 Å². The summed E-state index contributed by atoms with van der Waals surface area (Å²) in [5.74, 6) is -0.463. The third-order valence-corrected chi connectivity index (χ3v) is 3.12. The molecule has 5 atom stereocenters. The molecule has 16 heavy (non-hydrogen) atoms. The molecule has 1 rings (SSSR count). The van der Waals surface area contributed by atoms with Crippen LogP contribution in [0.4, 0.5) is 0 Å². The molecule has 1 fully saturated rings. The van der Waals surface area contributed by atoms with Crippen LogP contribution in [0.15, 0.2) is 0 Å². The summed E-state index contributed by atoms with van der Waals surface area (Å²) < 4.78 is 21.0. The van der Waals surface area contributed by atoms with Crippen molar-refractivity contribution in [2.24, 2.45) is 5.92 Å². The highest BCUT2D eigenvalue weighted by Gasteiger charge is 2.45. The Morgan fingerprint density at radius 1 is 1.06 bits per heavy atom. The van der Waals surface area contributed by atoms with Gasteiger partial charge < -0.3 is 18.9 Å². The van der Waals surface area contributed by atoms with E-state index in [1.807, 2.05) is 13.8 Å². The number of hydrogen-bond donors (Lipinski definition) is 0. The summed E-state index contributed by atoms with van der Waals surface area (Å²) in [5.41, 5.74) is 0. The number of esters is 1. The molecule has 0 aliphatic carbocycles. The molecule has 5 nitrogen and oxygen atoms in total. The van der Waals surface area contributed by atoms with E-state index < -0.39 is 6.10 Å². The molecule has 0 aromatic rings. The zero-order chi connectivity index (χ0) is 12.3. The van der Waals surface area contributed by atoms with Gasteiger partial charge in [0.05, 0.1) is 19.3 Å². The number of carbonyl (C=O) groups is 1. The van der Waals surface area contributed by atoms with E-state index in [1.165, 1.54) is 7.11 Å². The number of carbonyl (C=O) groups excluding carboxylic acids is 1. The average Bonchev–Trinajstić information content (AvgIpc) is 2.29. The lowest BCUT2D eigenvalue weighted by Crippen LogP contribution is -2.56. The first-order valence-electron chi connectivity index (χ1n) is 5.35. The second kappa shape index (κ2) is 5.61. The lowest BCUT2D eigenvalue weighted by molar-refractivity contribution is -0.217. The molecule has 1 saturated heterocycles. The molecule has 0 N–H and O–H groups in total. The van der Waals surface area contributed by atoms with Crippen molar-refractivity contribution < 1.29 is 23.7 Å². The van der Waals surface area contributed by atoms with Crippen molar-refractivity contribution in [3.63, 3.8) is 0 Å².